The summed E-state index contributed by atoms with van der Waals surface area (Å²) in [5.41, 5.74) is 0.908. The summed E-state index contributed by atoms with van der Waals surface area (Å²) < 4.78 is 0. The van der Waals surface area contributed by atoms with E-state index in [9.17, 15) is 4.79 Å². The Morgan fingerprint density at radius 2 is 2.36 bits per heavy atom. The van der Waals surface area contributed by atoms with Crippen LogP contribution in [0.15, 0.2) is 23.3 Å². The number of H-pyrrole nitrogens is 1. The lowest BCUT2D eigenvalue weighted by Crippen LogP contribution is -2.28. The fourth-order valence-corrected chi connectivity index (χ4v) is 1.25. The van der Waals surface area contributed by atoms with E-state index in [0.29, 0.717) is 6.54 Å². The number of hydrogen-bond acceptors (Lipinski definition) is 3. The molecule has 0 aliphatic carbocycles. The molecule has 0 atom stereocenters. The van der Waals surface area contributed by atoms with Gasteiger partial charge in [-0.05, 0) is 14.1 Å². The second-order valence-corrected chi connectivity index (χ2v) is 3.38. The molecular formula is C10H17N3O. The van der Waals surface area contributed by atoms with Gasteiger partial charge in [0.1, 0.15) is 0 Å². The van der Waals surface area contributed by atoms with Gasteiger partial charge >= 0.3 is 0 Å². The zero-order valence-electron chi connectivity index (χ0n) is 8.71. The van der Waals surface area contributed by atoms with Crippen LogP contribution < -0.4 is 10.7 Å². The molecule has 1 aromatic heterocycles. The second-order valence-electron chi connectivity index (χ2n) is 3.38. The average molecular weight is 195 g/mol. The van der Waals surface area contributed by atoms with Crippen molar-refractivity contribution < 1.29 is 0 Å². The number of hydrogen-bond donors (Lipinski definition) is 2. The van der Waals surface area contributed by atoms with E-state index >= 15 is 0 Å². The van der Waals surface area contributed by atoms with Crippen LogP contribution in [-0.2, 0) is 6.54 Å². The third-order valence-electron chi connectivity index (χ3n) is 2.09. The highest BCUT2D eigenvalue weighted by molar-refractivity contribution is 5.08. The fourth-order valence-electron chi connectivity index (χ4n) is 1.25. The van der Waals surface area contributed by atoms with Crippen molar-refractivity contribution in [1.82, 2.24) is 15.2 Å². The van der Waals surface area contributed by atoms with Gasteiger partial charge in [-0.15, -0.1) is 0 Å². The highest BCUT2D eigenvalue weighted by Crippen LogP contribution is 1.93. The molecule has 0 unspecified atom stereocenters. The third kappa shape index (κ3) is 3.32. The molecule has 4 nitrogen and oxygen atoms in total. The van der Waals surface area contributed by atoms with Crippen molar-refractivity contribution in [2.75, 3.05) is 27.2 Å². The molecular weight excluding hydrogens is 178 g/mol. The summed E-state index contributed by atoms with van der Waals surface area (Å²) in [6.45, 7) is 2.56. The maximum atomic E-state index is 11.4. The van der Waals surface area contributed by atoms with Crippen LogP contribution in [0.4, 0.5) is 0 Å². The van der Waals surface area contributed by atoms with E-state index in [1.54, 1.807) is 18.5 Å². The van der Waals surface area contributed by atoms with E-state index in [4.69, 9.17) is 0 Å². The molecule has 0 saturated carbocycles. The molecule has 14 heavy (non-hydrogen) atoms. The van der Waals surface area contributed by atoms with Crippen LogP contribution in [0, 0.1) is 0 Å². The van der Waals surface area contributed by atoms with Gasteiger partial charge in [-0.2, -0.15) is 0 Å². The highest BCUT2D eigenvalue weighted by atomic mass is 16.1. The number of aromatic nitrogens is 1. The first-order valence-corrected chi connectivity index (χ1v) is 4.73. The van der Waals surface area contributed by atoms with Crippen LogP contribution in [0.1, 0.15) is 5.56 Å². The first-order chi connectivity index (χ1) is 6.74. The molecule has 78 valence electrons. The minimum atomic E-state index is 0.0973. The van der Waals surface area contributed by atoms with Gasteiger partial charge < -0.3 is 15.2 Å². The molecule has 0 amide bonds. The van der Waals surface area contributed by atoms with Gasteiger partial charge in [0.05, 0.1) is 0 Å². The first kappa shape index (κ1) is 10.9. The number of nitrogens with zero attached hydrogens (tertiary/aromatic N) is 1. The van der Waals surface area contributed by atoms with Crippen molar-refractivity contribution in [1.29, 1.82) is 0 Å². The van der Waals surface area contributed by atoms with Crippen LogP contribution in [0.2, 0.25) is 0 Å². The third-order valence-corrected chi connectivity index (χ3v) is 2.09. The van der Waals surface area contributed by atoms with Crippen molar-refractivity contribution >= 4 is 0 Å². The summed E-state index contributed by atoms with van der Waals surface area (Å²) in [4.78, 5) is 16.4. The molecule has 0 bridgehead atoms. The summed E-state index contributed by atoms with van der Waals surface area (Å²) in [5, 5.41) is 3.07. The predicted octanol–water partition coefficient (Wildman–Crippen LogP) is 0.0261. The highest BCUT2D eigenvalue weighted by Gasteiger charge is 2.02. The maximum absolute atomic E-state index is 11.4. The zero-order chi connectivity index (χ0) is 10.4. The number of rotatable bonds is 5. The molecule has 1 aromatic rings. The topological polar surface area (TPSA) is 48.1 Å². The Hall–Kier alpha value is -1.13. The van der Waals surface area contributed by atoms with Gasteiger partial charge in [-0.25, -0.2) is 0 Å². The van der Waals surface area contributed by atoms with E-state index in [1.807, 2.05) is 14.1 Å². The van der Waals surface area contributed by atoms with E-state index in [1.165, 1.54) is 0 Å². The molecule has 0 aliphatic heterocycles. The van der Waals surface area contributed by atoms with Crippen molar-refractivity contribution in [3.05, 3.63) is 34.2 Å². The molecule has 0 aromatic carbocycles. The molecule has 1 heterocycles. The lowest BCUT2D eigenvalue weighted by atomic mass is 10.2. The minimum absolute atomic E-state index is 0.0973. The summed E-state index contributed by atoms with van der Waals surface area (Å²) in [5.74, 6) is 0. The predicted molar refractivity (Wildman–Crippen MR) is 57.3 cm³/mol. The number of nitrogens with one attached hydrogen (secondary N) is 2. The molecule has 0 saturated heterocycles. The number of likely N-dealkylation sites (N-methyl/N-ethyl adjacent to an activating group) is 2. The Morgan fingerprint density at radius 1 is 1.57 bits per heavy atom. The van der Waals surface area contributed by atoms with Gasteiger partial charge in [0.15, 0.2) is 5.43 Å². The van der Waals surface area contributed by atoms with E-state index in [2.05, 4.69) is 15.2 Å². The quantitative estimate of drug-likeness (QED) is 0.696. The minimum Gasteiger partial charge on any atom is -0.367 e. The summed E-state index contributed by atoms with van der Waals surface area (Å²) >= 11 is 0. The molecule has 0 aliphatic rings. The molecule has 2 N–H and O–H groups in total. The Bertz CT molecular complexity index is 321. The van der Waals surface area contributed by atoms with Gasteiger partial charge in [0.2, 0.25) is 0 Å². The van der Waals surface area contributed by atoms with Crippen molar-refractivity contribution in [3.63, 3.8) is 0 Å². The molecule has 1 rings (SSSR count). The normalized spacial score (nSPS) is 10.8. The second kappa shape index (κ2) is 5.57. The smallest absolute Gasteiger partial charge is 0.186 e. The maximum Gasteiger partial charge on any atom is 0.186 e. The summed E-state index contributed by atoms with van der Waals surface area (Å²) in [6, 6.07) is 1.56. The molecule has 0 spiro atoms. The van der Waals surface area contributed by atoms with Gasteiger partial charge in [0.25, 0.3) is 0 Å². The van der Waals surface area contributed by atoms with Gasteiger partial charge in [0, 0.05) is 43.7 Å². The Balaban J connectivity index is 2.52. The van der Waals surface area contributed by atoms with Crippen LogP contribution >= 0.6 is 0 Å². The Labute approximate surface area is 83.9 Å². The van der Waals surface area contributed by atoms with E-state index < -0.39 is 0 Å². The van der Waals surface area contributed by atoms with E-state index in [0.717, 1.165) is 18.7 Å². The van der Waals surface area contributed by atoms with Crippen LogP contribution in [0.25, 0.3) is 0 Å². The van der Waals surface area contributed by atoms with Crippen LogP contribution in [0.5, 0.6) is 0 Å². The van der Waals surface area contributed by atoms with Crippen LogP contribution in [-0.4, -0.2) is 37.1 Å². The SMILES string of the molecule is CNCCN(C)Cc1c[nH]ccc1=O. The van der Waals surface area contributed by atoms with Crippen LogP contribution in [0.3, 0.4) is 0 Å². The lowest BCUT2D eigenvalue weighted by Gasteiger charge is -2.15. The van der Waals surface area contributed by atoms with Gasteiger partial charge in [-0.1, -0.05) is 0 Å². The Morgan fingerprint density at radius 3 is 3.00 bits per heavy atom. The van der Waals surface area contributed by atoms with Crippen molar-refractivity contribution in [3.8, 4) is 0 Å². The number of pyridine rings is 1. The molecule has 0 radical (unpaired) electrons. The zero-order valence-corrected chi connectivity index (χ0v) is 8.71. The van der Waals surface area contributed by atoms with Crippen molar-refractivity contribution in [2.24, 2.45) is 0 Å². The fraction of sp³-hybridized carbons (Fsp3) is 0.500. The summed E-state index contributed by atoms with van der Waals surface area (Å²) in [7, 11) is 3.92. The summed E-state index contributed by atoms with van der Waals surface area (Å²) in [6.07, 6.45) is 3.41. The monoisotopic (exact) mass is 195 g/mol. The van der Waals surface area contributed by atoms with E-state index in [-0.39, 0.29) is 5.43 Å². The van der Waals surface area contributed by atoms with Crippen molar-refractivity contribution in [2.45, 2.75) is 6.54 Å². The standard InChI is InChI=1S/C10H17N3O/c1-11-5-6-13(2)8-9-7-12-4-3-10(9)14/h3-4,7,11H,5-6,8H2,1-2H3,(H,12,14). The molecule has 0 fully saturated rings. The molecule has 4 heteroatoms. The Kier molecular flexibility index (Phi) is 4.35. The lowest BCUT2D eigenvalue weighted by molar-refractivity contribution is 0.327. The first-order valence-electron chi connectivity index (χ1n) is 4.73. The largest absolute Gasteiger partial charge is 0.367 e. The van der Waals surface area contributed by atoms with Gasteiger partial charge in [-0.3, -0.25) is 4.79 Å². The number of aromatic amines is 1. The average Bonchev–Trinajstić information content (AvgIpc) is 2.18.